The van der Waals surface area contributed by atoms with E-state index in [1.807, 2.05) is 11.4 Å². The van der Waals surface area contributed by atoms with E-state index in [1.54, 1.807) is 35.4 Å². The monoisotopic (exact) mass is 451 g/mol. The van der Waals surface area contributed by atoms with Gasteiger partial charge in [0.25, 0.3) is 11.8 Å². The lowest BCUT2D eigenvalue weighted by atomic mass is 10.2. The highest BCUT2D eigenvalue weighted by Gasteiger charge is 2.17. The molecule has 0 saturated carbocycles. The van der Waals surface area contributed by atoms with Gasteiger partial charge in [0.05, 0.1) is 28.8 Å². The molecule has 0 aliphatic carbocycles. The average molecular weight is 452 g/mol. The zero-order chi connectivity index (χ0) is 19.1. The summed E-state index contributed by atoms with van der Waals surface area (Å²) < 4.78 is 11.5. The molecular formula is C18H18BrN3O4S. The van der Waals surface area contributed by atoms with Gasteiger partial charge in [-0.1, -0.05) is 6.07 Å². The molecule has 1 aliphatic rings. The molecule has 0 bridgehead atoms. The number of hydrogen-bond acceptors (Lipinski definition) is 6. The van der Waals surface area contributed by atoms with Crippen LogP contribution in [0.5, 0.6) is 5.75 Å². The Hall–Kier alpha value is -2.23. The van der Waals surface area contributed by atoms with Crippen molar-refractivity contribution in [1.29, 1.82) is 0 Å². The van der Waals surface area contributed by atoms with E-state index in [4.69, 9.17) is 9.47 Å². The quantitative estimate of drug-likeness (QED) is 0.540. The summed E-state index contributed by atoms with van der Waals surface area (Å²) in [6.07, 6.45) is 1.54. The fourth-order valence-corrected chi connectivity index (χ4v) is 3.51. The number of morpholine rings is 1. The highest BCUT2D eigenvalue weighted by Crippen LogP contribution is 2.25. The summed E-state index contributed by atoms with van der Waals surface area (Å²) in [6, 6.07) is 8.88. The zero-order valence-electron chi connectivity index (χ0n) is 14.4. The molecule has 1 aromatic carbocycles. The summed E-state index contributed by atoms with van der Waals surface area (Å²) in [6.45, 7) is 2.29. The smallest absolute Gasteiger partial charge is 0.281 e. The topological polar surface area (TPSA) is 80.2 Å². The van der Waals surface area contributed by atoms with Crippen molar-refractivity contribution in [2.75, 3.05) is 32.9 Å². The Kier molecular flexibility index (Phi) is 6.97. The standard InChI is InChI=1S/C18H18BrN3O4S/c19-14-10-13(11-20-21-18(24)16-2-1-9-27-16)3-4-15(14)26-12-17(23)22-5-7-25-8-6-22/h1-4,9-11H,5-8,12H2,(H,21,24)/b20-11+. The Labute approximate surface area is 169 Å². The van der Waals surface area contributed by atoms with Gasteiger partial charge in [-0.15, -0.1) is 11.3 Å². The van der Waals surface area contributed by atoms with Gasteiger partial charge in [0.15, 0.2) is 6.61 Å². The molecule has 142 valence electrons. The van der Waals surface area contributed by atoms with Crippen LogP contribution in [0.2, 0.25) is 0 Å². The van der Waals surface area contributed by atoms with Crippen LogP contribution in [-0.4, -0.2) is 55.8 Å². The molecule has 9 heteroatoms. The lowest BCUT2D eigenvalue weighted by molar-refractivity contribution is -0.137. The minimum atomic E-state index is -0.248. The number of nitrogens with one attached hydrogen (secondary N) is 1. The lowest BCUT2D eigenvalue weighted by Gasteiger charge is -2.26. The first-order valence-corrected chi connectivity index (χ1v) is 9.95. The molecule has 1 N–H and O–H groups in total. The van der Waals surface area contributed by atoms with Crippen LogP contribution in [0.1, 0.15) is 15.2 Å². The lowest BCUT2D eigenvalue weighted by Crippen LogP contribution is -2.43. The highest BCUT2D eigenvalue weighted by atomic mass is 79.9. The van der Waals surface area contributed by atoms with Crippen molar-refractivity contribution >= 4 is 45.3 Å². The van der Waals surface area contributed by atoms with Gasteiger partial charge in [0, 0.05) is 13.1 Å². The van der Waals surface area contributed by atoms with Crippen LogP contribution in [0.3, 0.4) is 0 Å². The molecule has 0 spiro atoms. The van der Waals surface area contributed by atoms with E-state index in [9.17, 15) is 9.59 Å². The SMILES string of the molecule is O=C(N/N=C/c1ccc(OCC(=O)N2CCOCC2)c(Br)c1)c1cccs1. The average Bonchev–Trinajstić information content (AvgIpc) is 3.22. The second kappa shape index (κ2) is 9.63. The molecular weight excluding hydrogens is 434 g/mol. The number of halogens is 1. The molecule has 7 nitrogen and oxygen atoms in total. The Morgan fingerprint density at radius 1 is 1.33 bits per heavy atom. The number of benzene rings is 1. The van der Waals surface area contributed by atoms with Crippen LogP contribution in [-0.2, 0) is 9.53 Å². The number of rotatable bonds is 6. The fraction of sp³-hybridized carbons (Fsp3) is 0.278. The molecule has 1 aliphatic heterocycles. The van der Waals surface area contributed by atoms with Gasteiger partial charge in [-0.2, -0.15) is 5.10 Å². The Bertz CT molecular complexity index is 820. The third kappa shape index (κ3) is 5.62. The minimum absolute atomic E-state index is 0.0249. The van der Waals surface area contributed by atoms with Crippen molar-refractivity contribution in [3.05, 3.63) is 50.6 Å². The molecule has 1 fully saturated rings. The Balaban J connectivity index is 1.51. The van der Waals surface area contributed by atoms with Gasteiger partial charge in [-0.3, -0.25) is 9.59 Å². The first kappa shape index (κ1) is 19.5. The normalized spacial score (nSPS) is 14.3. The number of amides is 2. The largest absolute Gasteiger partial charge is 0.483 e. The molecule has 0 atom stereocenters. The first-order valence-electron chi connectivity index (χ1n) is 8.28. The van der Waals surface area contributed by atoms with E-state index >= 15 is 0 Å². The zero-order valence-corrected chi connectivity index (χ0v) is 16.8. The molecule has 1 saturated heterocycles. The summed E-state index contributed by atoms with van der Waals surface area (Å²) in [5.74, 6) is 0.255. The number of hydrogen-bond donors (Lipinski definition) is 1. The third-order valence-electron chi connectivity index (χ3n) is 3.80. The molecule has 0 unspecified atom stereocenters. The second-order valence-corrected chi connectivity index (χ2v) is 7.45. The van der Waals surface area contributed by atoms with Crippen molar-refractivity contribution in [2.45, 2.75) is 0 Å². The van der Waals surface area contributed by atoms with E-state index < -0.39 is 0 Å². The Morgan fingerprint density at radius 3 is 2.85 bits per heavy atom. The number of ether oxygens (including phenoxy) is 2. The molecule has 3 rings (SSSR count). The maximum absolute atomic E-state index is 12.1. The number of thiophene rings is 1. The van der Waals surface area contributed by atoms with E-state index in [2.05, 4.69) is 26.5 Å². The van der Waals surface area contributed by atoms with Crippen molar-refractivity contribution in [3.63, 3.8) is 0 Å². The van der Waals surface area contributed by atoms with Gasteiger partial charge in [0.2, 0.25) is 0 Å². The minimum Gasteiger partial charge on any atom is -0.483 e. The molecule has 2 aromatic rings. The van der Waals surface area contributed by atoms with Crippen molar-refractivity contribution in [3.8, 4) is 5.75 Å². The van der Waals surface area contributed by atoms with Crippen LogP contribution in [0, 0.1) is 0 Å². The van der Waals surface area contributed by atoms with Gasteiger partial charge >= 0.3 is 0 Å². The maximum atomic E-state index is 12.1. The van der Waals surface area contributed by atoms with Crippen LogP contribution >= 0.6 is 27.3 Å². The van der Waals surface area contributed by atoms with Crippen molar-refractivity contribution < 1.29 is 19.1 Å². The first-order chi connectivity index (χ1) is 13.1. The van der Waals surface area contributed by atoms with Gasteiger partial charge in [0.1, 0.15) is 5.75 Å². The highest BCUT2D eigenvalue weighted by molar-refractivity contribution is 9.10. The predicted octanol–water partition coefficient (Wildman–Crippen LogP) is 2.51. The summed E-state index contributed by atoms with van der Waals surface area (Å²) in [5.41, 5.74) is 3.26. The number of nitrogens with zero attached hydrogens (tertiary/aromatic N) is 2. The number of carbonyl (C=O) groups is 2. The Morgan fingerprint density at radius 2 is 2.15 bits per heavy atom. The van der Waals surface area contributed by atoms with Gasteiger partial charge < -0.3 is 14.4 Å². The maximum Gasteiger partial charge on any atom is 0.281 e. The molecule has 1 aromatic heterocycles. The van der Waals surface area contributed by atoms with E-state index in [0.29, 0.717) is 41.4 Å². The van der Waals surface area contributed by atoms with E-state index in [0.717, 1.165) is 5.56 Å². The van der Waals surface area contributed by atoms with E-state index in [1.165, 1.54) is 11.3 Å². The van der Waals surface area contributed by atoms with Gasteiger partial charge in [-0.05, 0) is 51.1 Å². The van der Waals surface area contributed by atoms with Crippen LogP contribution in [0.25, 0.3) is 0 Å². The predicted molar refractivity (Wildman–Crippen MR) is 106 cm³/mol. The summed E-state index contributed by atoms with van der Waals surface area (Å²) in [5, 5.41) is 5.78. The number of hydrazone groups is 1. The third-order valence-corrected chi connectivity index (χ3v) is 5.28. The van der Waals surface area contributed by atoms with Crippen LogP contribution in [0.4, 0.5) is 0 Å². The number of carbonyl (C=O) groups excluding carboxylic acids is 2. The second-order valence-electron chi connectivity index (χ2n) is 5.65. The summed E-state index contributed by atoms with van der Waals surface area (Å²) in [7, 11) is 0. The molecule has 27 heavy (non-hydrogen) atoms. The van der Waals surface area contributed by atoms with Crippen molar-refractivity contribution in [2.24, 2.45) is 5.10 Å². The fourth-order valence-electron chi connectivity index (χ4n) is 2.39. The molecule has 2 heterocycles. The van der Waals surface area contributed by atoms with Gasteiger partial charge in [-0.25, -0.2) is 5.43 Å². The summed E-state index contributed by atoms with van der Waals surface area (Å²) >= 11 is 4.78. The summed E-state index contributed by atoms with van der Waals surface area (Å²) in [4.78, 5) is 26.3. The van der Waals surface area contributed by atoms with Crippen LogP contribution in [0.15, 0.2) is 45.3 Å². The van der Waals surface area contributed by atoms with Crippen LogP contribution < -0.4 is 10.2 Å². The molecule has 0 radical (unpaired) electrons. The molecule has 2 amide bonds. The van der Waals surface area contributed by atoms with Crippen molar-refractivity contribution in [1.82, 2.24) is 10.3 Å². The van der Waals surface area contributed by atoms with E-state index in [-0.39, 0.29) is 18.4 Å².